The number of Topliss-reactive ketones (excluding diaryl/α,β-unsaturated/α-hetero) is 1. The van der Waals surface area contributed by atoms with Gasteiger partial charge in [-0.05, 0) is 25.1 Å². The summed E-state index contributed by atoms with van der Waals surface area (Å²) in [5.41, 5.74) is 0.383. The Morgan fingerprint density at radius 1 is 1.45 bits per heavy atom. The van der Waals surface area contributed by atoms with Crippen molar-refractivity contribution in [2.75, 3.05) is 13.1 Å². The lowest BCUT2D eigenvalue weighted by atomic mass is 10.1. The molecule has 0 saturated carbocycles. The summed E-state index contributed by atoms with van der Waals surface area (Å²) >= 11 is 5.96. The van der Waals surface area contributed by atoms with Crippen LogP contribution in [0.1, 0.15) is 23.7 Å². The van der Waals surface area contributed by atoms with Gasteiger partial charge < -0.3 is 9.64 Å². The van der Waals surface area contributed by atoms with Crippen LogP contribution in [-0.4, -0.2) is 42.0 Å². The third kappa shape index (κ3) is 3.91. The van der Waals surface area contributed by atoms with E-state index in [0.29, 0.717) is 10.5 Å². The molecule has 120 valence electrons. The molecule has 1 amide bonds. The molecule has 1 aliphatic rings. The Balaban J connectivity index is 2.06. The minimum absolute atomic E-state index is 0.0217. The Labute approximate surface area is 129 Å². The van der Waals surface area contributed by atoms with Gasteiger partial charge in [-0.1, -0.05) is 11.6 Å². The van der Waals surface area contributed by atoms with Gasteiger partial charge in [-0.2, -0.15) is 13.2 Å². The van der Waals surface area contributed by atoms with E-state index in [4.69, 9.17) is 16.3 Å². The number of rotatable bonds is 4. The topological polar surface area (TPSA) is 46.6 Å². The summed E-state index contributed by atoms with van der Waals surface area (Å²) in [7, 11) is 0. The van der Waals surface area contributed by atoms with Crippen molar-refractivity contribution in [1.82, 2.24) is 4.90 Å². The molecular weight excluding hydrogens is 323 g/mol. The predicted octanol–water partition coefficient (Wildman–Crippen LogP) is 3.08. The van der Waals surface area contributed by atoms with E-state index in [2.05, 4.69) is 0 Å². The van der Waals surface area contributed by atoms with Gasteiger partial charge in [0.2, 0.25) is 0 Å². The van der Waals surface area contributed by atoms with Crippen LogP contribution in [0.3, 0.4) is 0 Å². The maximum Gasteiger partial charge on any atom is 0.406 e. The van der Waals surface area contributed by atoms with Gasteiger partial charge in [0.15, 0.2) is 11.9 Å². The van der Waals surface area contributed by atoms with Crippen molar-refractivity contribution in [3.05, 3.63) is 28.8 Å². The fraction of sp³-hybridized carbons (Fsp3) is 0.429. The Bertz CT molecular complexity index is 603. The molecule has 4 nitrogen and oxygen atoms in total. The number of nitrogens with zero attached hydrogens (tertiary/aromatic N) is 1. The number of amides is 1. The van der Waals surface area contributed by atoms with E-state index in [1.165, 1.54) is 25.1 Å². The third-order valence-corrected chi connectivity index (χ3v) is 3.52. The summed E-state index contributed by atoms with van der Waals surface area (Å²) in [6.07, 6.45) is -5.28. The van der Waals surface area contributed by atoms with Crippen LogP contribution < -0.4 is 4.74 Å². The lowest BCUT2D eigenvalue weighted by Crippen LogP contribution is -2.38. The van der Waals surface area contributed by atoms with Gasteiger partial charge in [-0.3, -0.25) is 9.59 Å². The van der Waals surface area contributed by atoms with Crippen LogP contribution in [0.5, 0.6) is 5.75 Å². The van der Waals surface area contributed by atoms with Crippen molar-refractivity contribution in [2.45, 2.75) is 25.6 Å². The number of hydrogen-bond donors (Lipinski definition) is 0. The predicted molar refractivity (Wildman–Crippen MR) is 73.1 cm³/mol. The second-order valence-electron chi connectivity index (χ2n) is 4.97. The van der Waals surface area contributed by atoms with Crippen molar-refractivity contribution in [1.29, 1.82) is 0 Å². The van der Waals surface area contributed by atoms with E-state index < -0.39 is 24.7 Å². The van der Waals surface area contributed by atoms with Crippen LogP contribution in [-0.2, 0) is 4.79 Å². The maximum atomic E-state index is 12.3. The Morgan fingerprint density at radius 2 is 2.14 bits per heavy atom. The minimum atomic E-state index is -4.44. The molecular formula is C14H13ClF3NO3. The number of ketones is 1. The standard InChI is InChI=1S/C14H13ClF3NO3/c1-8(20)9-2-3-11(10(15)6-9)22-12-4-5-19(13(12)21)7-14(16,17)18/h2-3,6,12H,4-5,7H2,1H3/t12-/m1/s1. The highest BCUT2D eigenvalue weighted by molar-refractivity contribution is 6.32. The molecule has 1 aromatic rings. The molecule has 0 aliphatic carbocycles. The van der Waals surface area contributed by atoms with Crippen molar-refractivity contribution in [3.63, 3.8) is 0 Å². The smallest absolute Gasteiger partial charge is 0.406 e. The molecule has 0 spiro atoms. The number of likely N-dealkylation sites (tertiary alicyclic amines) is 1. The molecule has 0 radical (unpaired) electrons. The molecule has 0 N–H and O–H groups in total. The molecule has 1 fully saturated rings. The fourth-order valence-corrected chi connectivity index (χ4v) is 2.39. The van der Waals surface area contributed by atoms with Gasteiger partial charge >= 0.3 is 6.18 Å². The number of benzene rings is 1. The molecule has 0 bridgehead atoms. The first-order valence-electron chi connectivity index (χ1n) is 6.50. The molecule has 0 aromatic heterocycles. The average molecular weight is 336 g/mol. The fourth-order valence-electron chi connectivity index (χ4n) is 2.16. The normalized spacial score (nSPS) is 18.7. The van der Waals surface area contributed by atoms with Gasteiger partial charge in [0.25, 0.3) is 5.91 Å². The van der Waals surface area contributed by atoms with Gasteiger partial charge in [-0.15, -0.1) is 0 Å². The highest BCUT2D eigenvalue weighted by Gasteiger charge is 2.40. The molecule has 1 saturated heterocycles. The van der Waals surface area contributed by atoms with E-state index in [-0.39, 0.29) is 29.5 Å². The summed E-state index contributed by atoms with van der Waals surface area (Å²) in [6.45, 7) is 0.0660. The van der Waals surface area contributed by atoms with Crippen molar-refractivity contribution < 1.29 is 27.5 Å². The molecule has 8 heteroatoms. The zero-order valence-corrected chi connectivity index (χ0v) is 12.4. The number of carbonyl (C=O) groups excluding carboxylic acids is 2. The monoisotopic (exact) mass is 335 g/mol. The number of hydrogen-bond acceptors (Lipinski definition) is 3. The Kier molecular flexibility index (Phi) is 4.65. The summed E-state index contributed by atoms with van der Waals surface area (Å²) in [6, 6.07) is 4.31. The van der Waals surface area contributed by atoms with E-state index >= 15 is 0 Å². The molecule has 22 heavy (non-hydrogen) atoms. The van der Waals surface area contributed by atoms with E-state index in [9.17, 15) is 22.8 Å². The lowest BCUT2D eigenvalue weighted by Gasteiger charge is -2.19. The van der Waals surface area contributed by atoms with Crippen LogP contribution >= 0.6 is 11.6 Å². The second kappa shape index (κ2) is 6.16. The molecule has 2 rings (SSSR count). The van der Waals surface area contributed by atoms with Crippen LogP contribution in [0.15, 0.2) is 18.2 Å². The zero-order chi connectivity index (χ0) is 16.5. The van der Waals surface area contributed by atoms with Crippen LogP contribution in [0.25, 0.3) is 0 Å². The summed E-state index contributed by atoms with van der Waals surface area (Å²) in [5.74, 6) is -0.732. The molecule has 1 atom stereocenters. The van der Waals surface area contributed by atoms with E-state index in [1.807, 2.05) is 0 Å². The lowest BCUT2D eigenvalue weighted by molar-refractivity contribution is -0.159. The molecule has 1 aliphatic heterocycles. The third-order valence-electron chi connectivity index (χ3n) is 3.23. The van der Waals surface area contributed by atoms with Crippen LogP contribution in [0, 0.1) is 0 Å². The Morgan fingerprint density at radius 3 is 2.68 bits per heavy atom. The Hall–Kier alpha value is -1.76. The SMILES string of the molecule is CC(=O)c1ccc(O[C@@H]2CCN(CC(F)(F)F)C2=O)c(Cl)c1. The van der Waals surface area contributed by atoms with E-state index in [1.54, 1.807) is 0 Å². The second-order valence-corrected chi connectivity index (χ2v) is 5.38. The van der Waals surface area contributed by atoms with Gasteiger partial charge in [0.05, 0.1) is 5.02 Å². The largest absolute Gasteiger partial charge is 0.479 e. The van der Waals surface area contributed by atoms with Gasteiger partial charge in [-0.25, -0.2) is 0 Å². The quantitative estimate of drug-likeness (QED) is 0.794. The number of halogens is 4. The van der Waals surface area contributed by atoms with E-state index in [0.717, 1.165) is 0 Å². The van der Waals surface area contributed by atoms with Crippen LogP contribution in [0.4, 0.5) is 13.2 Å². The van der Waals surface area contributed by atoms with Crippen LogP contribution in [0.2, 0.25) is 5.02 Å². The molecule has 0 unspecified atom stereocenters. The molecule has 1 aromatic carbocycles. The van der Waals surface area contributed by atoms with Gasteiger partial charge in [0, 0.05) is 18.5 Å². The molecule has 1 heterocycles. The first-order valence-corrected chi connectivity index (χ1v) is 6.88. The zero-order valence-electron chi connectivity index (χ0n) is 11.6. The summed E-state index contributed by atoms with van der Waals surface area (Å²) < 4.78 is 42.4. The number of alkyl halides is 3. The van der Waals surface area contributed by atoms with Crippen molar-refractivity contribution in [2.24, 2.45) is 0 Å². The first kappa shape index (κ1) is 16.6. The van der Waals surface area contributed by atoms with Crippen molar-refractivity contribution in [3.8, 4) is 5.75 Å². The first-order chi connectivity index (χ1) is 10.2. The number of carbonyl (C=O) groups is 2. The van der Waals surface area contributed by atoms with Crippen molar-refractivity contribution >= 4 is 23.3 Å². The summed E-state index contributed by atoms with van der Waals surface area (Å²) in [5, 5.41) is 0.134. The average Bonchev–Trinajstić information content (AvgIpc) is 2.71. The highest BCUT2D eigenvalue weighted by Crippen LogP contribution is 2.29. The van der Waals surface area contributed by atoms with Gasteiger partial charge in [0.1, 0.15) is 12.3 Å². The maximum absolute atomic E-state index is 12.3. The summed E-state index contributed by atoms with van der Waals surface area (Å²) in [4.78, 5) is 23.8. The highest BCUT2D eigenvalue weighted by atomic mass is 35.5. The minimum Gasteiger partial charge on any atom is -0.479 e. The number of ether oxygens (including phenoxy) is 1.